The molecule has 0 fully saturated rings. The van der Waals surface area contributed by atoms with E-state index in [4.69, 9.17) is 4.42 Å². The first-order valence-corrected chi connectivity index (χ1v) is 10.3. The van der Waals surface area contributed by atoms with E-state index in [2.05, 4.69) is 4.98 Å². The fourth-order valence-electron chi connectivity index (χ4n) is 2.63. The number of benzene rings is 2. The summed E-state index contributed by atoms with van der Waals surface area (Å²) in [6.07, 6.45) is 4.11. The summed E-state index contributed by atoms with van der Waals surface area (Å²) < 4.78 is 28.7. The Balaban J connectivity index is 1.72. The van der Waals surface area contributed by atoms with Crippen molar-refractivity contribution in [3.63, 3.8) is 0 Å². The summed E-state index contributed by atoms with van der Waals surface area (Å²) in [5.41, 5.74) is 2.24. The van der Waals surface area contributed by atoms with Gasteiger partial charge in [0, 0.05) is 25.5 Å². The number of sulfone groups is 1. The van der Waals surface area contributed by atoms with Crippen LogP contribution >= 0.6 is 0 Å². The van der Waals surface area contributed by atoms with Gasteiger partial charge in [0.2, 0.25) is 11.8 Å². The van der Waals surface area contributed by atoms with E-state index in [1.807, 2.05) is 31.2 Å². The molecule has 1 heterocycles. The second kappa shape index (κ2) is 7.36. The van der Waals surface area contributed by atoms with E-state index in [1.54, 1.807) is 36.2 Å². The average molecular weight is 384 g/mol. The van der Waals surface area contributed by atoms with Crippen LogP contribution in [-0.4, -0.2) is 37.5 Å². The number of carbonyl (C=O) groups is 1. The van der Waals surface area contributed by atoms with Crippen molar-refractivity contribution in [3.05, 3.63) is 66.1 Å². The summed E-state index contributed by atoms with van der Waals surface area (Å²) in [5.74, 6) is 0.153. The second-order valence-corrected chi connectivity index (χ2v) is 8.34. The molecule has 1 amide bonds. The van der Waals surface area contributed by atoms with Crippen LogP contribution in [-0.2, 0) is 14.6 Å². The first-order valence-electron chi connectivity index (χ1n) is 8.36. The number of amides is 1. The molecule has 0 spiro atoms. The Morgan fingerprint density at radius 1 is 1.15 bits per heavy atom. The van der Waals surface area contributed by atoms with Gasteiger partial charge in [-0.3, -0.25) is 4.79 Å². The van der Waals surface area contributed by atoms with E-state index in [0.29, 0.717) is 11.5 Å². The molecule has 7 heteroatoms. The zero-order chi connectivity index (χ0) is 19.6. The molecule has 0 N–H and O–H groups in total. The van der Waals surface area contributed by atoms with Crippen LogP contribution in [0.5, 0.6) is 0 Å². The van der Waals surface area contributed by atoms with E-state index in [-0.39, 0.29) is 16.8 Å². The number of fused-ring (bicyclic) bond motifs is 1. The number of aromatic nitrogens is 1. The molecule has 0 saturated carbocycles. The first kappa shape index (κ1) is 18.8. The van der Waals surface area contributed by atoms with Gasteiger partial charge in [0.15, 0.2) is 15.4 Å². The van der Waals surface area contributed by atoms with Crippen molar-refractivity contribution < 1.29 is 17.6 Å². The minimum Gasteiger partial charge on any atom is -0.437 e. The van der Waals surface area contributed by atoms with E-state index in [0.717, 1.165) is 17.3 Å². The lowest BCUT2D eigenvalue weighted by molar-refractivity contribution is -0.126. The molecule has 1 unspecified atom stereocenters. The van der Waals surface area contributed by atoms with Gasteiger partial charge < -0.3 is 9.32 Å². The van der Waals surface area contributed by atoms with E-state index in [9.17, 15) is 13.2 Å². The lowest BCUT2D eigenvalue weighted by atomic mass is 10.1. The number of rotatable bonds is 5. The molecule has 1 aromatic heterocycles. The maximum absolute atomic E-state index is 12.4. The first-order chi connectivity index (χ1) is 12.8. The average Bonchev–Trinajstić information content (AvgIpc) is 3.07. The summed E-state index contributed by atoms with van der Waals surface area (Å²) in [7, 11) is -1.55. The Morgan fingerprint density at radius 3 is 2.44 bits per heavy atom. The molecule has 3 aromatic rings. The van der Waals surface area contributed by atoms with Gasteiger partial charge in [0.25, 0.3) is 0 Å². The highest BCUT2D eigenvalue weighted by Crippen LogP contribution is 2.21. The Morgan fingerprint density at radius 2 is 1.81 bits per heavy atom. The minimum atomic E-state index is -3.24. The van der Waals surface area contributed by atoms with E-state index < -0.39 is 9.84 Å². The number of likely N-dealkylation sites (N-methyl/N-ethyl adjacent to an activating group) is 1. The van der Waals surface area contributed by atoms with Gasteiger partial charge >= 0.3 is 0 Å². The van der Waals surface area contributed by atoms with E-state index >= 15 is 0 Å². The number of carbonyl (C=O) groups excluding carboxylic acids is 1. The number of nitrogens with zero attached hydrogens (tertiary/aromatic N) is 2. The summed E-state index contributed by atoms with van der Waals surface area (Å²) >= 11 is 0. The van der Waals surface area contributed by atoms with Gasteiger partial charge in [0.05, 0.1) is 10.9 Å². The van der Waals surface area contributed by atoms with Crippen molar-refractivity contribution in [3.8, 4) is 0 Å². The highest BCUT2D eigenvalue weighted by Gasteiger charge is 2.16. The fourth-order valence-corrected chi connectivity index (χ4v) is 3.26. The summed E-state index contributed by atoms with van der Waals surface area (Å²) in [6.45, 7) is 1.88. The van der Waals surface area contributed by atoms with Gasteiger partial charge in [-0.15, -0.1) is 0 Å². The van der Waals surface area contributed by atoms with Crippen molar-refractivity contribution in [2.24, 2.45) is 0 Å². The predicted octanol–water partition coefficient (Wildman–Crippen LogP) is 3.46. The molecule has 2 aromatic carbocycles. The standard InChI is InChI=1S/C20H20N2O4S/c1-14(15-8-10-16(11-9-15)27(3,24)25)22(2)20(23)13-12-19-21-17-6-4-5-7-18(17)26-19/h4-14H,1-3H3/b13-12+. The molecule has 0 aliphatic rings. The predicted molar refractivity (Wildman–Crippen MR) is 104 cm³/mol. The van der Waals surface area contributed by atoms with Crippen LogP contribution < -0.4 is 0 Å². The zero-order valence-electron chi connectivity index (χ0n) is 15.3. The van der Waals surface area contributed by atoms with Gasteiger partial charge in [-0.1, -0.05) is 24.3 Å². The van der Waals surface area contributed by atoms with Gasteiger partial charge in [-0.2, -0.15) is 0 Å². The number of para-hydroxylation sites is 2. The monoisotopic (exact) mass is 384 g/mol. The highest BCUT2D eigenvalue weighted by molar-refractivity contribution is 7.90. The third-order valence-corrected chi connectivity index (χ3v) is 5.53. The lowest BCUT2D eigenvalue weighted by Crippen LogP contribution is -2.28. The Kier molecular flexibility index (Phi) is 5.14. The van der Waals surface area contributed by atoms with Crippen LogP contribution in [0.3, 0.4) is 0 Å². The molecule has 0 bridgehead atoms. The van der Waals surface area contributed by atoms with Crippen LogP contribution in [0.4, 0.5) is 0 Å². The van der Waals surface area contributed by atoms with Gasteiger partial charge in [0.1, 0.15) is 5.52 Å². The SMILES string of the molecule is CC(c1ccc(S(C)(=O)=O)cc1)N(C)C(=O)/C=C/c1nc2ccccc2o1. The quantitative estimate of drug-likeness (QED) is 0.629. The molecule has 0 aliphatic carbocycles. The Bertz CT molecular complexity index is 1070. The molecule has 27 heavy (non-hydrogen) atoms. The summed E-state index contributed by atoms with van der Waals surface area (Å²) in [4.78, 5) is 18.6. The third-order valence-electron chi connectivity index (χ3n) is 4.40. The largest absolute Gasteiger partial charge is 0.437 e. The van der Waals surface area contributed by atoms with Crippen molar-refractivity contribution >= 4 is 32.9 Å². The second-order valence-electron chi connectivity index (χ2n) is 6.32. The maximum atomic E-state index is 12.4. The molecule has 3 rings (SSSR count). The smallest absolute Gasteiger partial charge is 0.246 e. The van der Waals surface area contributed by atoms with Crippen LogP contribution in [0.15, 0.2) is 63.9 Å². The number of oxazole rings is 1. The van der Waals surface area contributed by atoms with Crippen LogP contribution in [0.1, 0.15) is 24.4 Å². The number of hydrogen-bond donors (Lipinski definition) is 0. The topological polar surface area (TPSA) is 80.5 Å². The lowest BCUT2D eigenvalue weighted by Gasteiger charge is -2.24. The van der Waals surface area contributed by atoms with Crippen LogP contribution in [0.2, 0.25) is 0 Å². The third kappa shape index (κ3) is 4.25. The van der Waals surface area contributed by atoms with Gasteiger partial charge in [-0.25, -0.2) is 13.4 Å². The van der Waals surface area contributed by atoms with Gasteiger partial charge in [-0.05, 0) is 36.8 Å². The number of hydrogen-bond acceptors (Lipinski definition) is 5. The van der Waals surface area contributed by atoms with Crippen LogP contribution in [0.25, 0.3) is 17.2 Å². The molecule has 0 aliphatic heterocycles. The highest BCUT2D eigenvalue weighted by atomic mass is 32.2. The molecule has 0 radical (unpaired) electrons. The van der Waals surface area contributed by atoms with Crippen molar-refractivity contribution in [1.82, 2.24) is 9.88 Å². The maximum Gasteiger partial charge on any atom is 0.246 e. The molecular formula is C20H20N2O4S. The van der Waals surface area contributed by atoms with Crippen LogP contribution in [0, 0.1) is 0 Å². The van der Waals surface area contributed by atoms with Crippen molar-refractivity contribution in [1.29, 1.82) is 0 Å². The Hall–Kier alpha value is -2.93. The zero-order valence-corrected chi connectivity index (χ0v) is 16.1. The minimum absolute atomic E-state index is 0.211. The molecular weight excluding hydrogens is 364 g/mol. The summed E-state index contributed by atoms with van der Waals surface area (Å²) in [5, 5.41) is 0. The molecule has 1 atom stereocenters. The molecule has 6 nitrogen and oxygen atoms in total. The molecule has 0 saturated heterocycles. The Labute approximate surface area is 158 Å². The van der Waals surface area contributed by atoms with E-state index in [1.165, 1.54) is 12.2 Å². The van der Waals surface area contributed by atoms with Crippen molar-refractivity contribution in [2.75, 3.05) is 13.3 Å². The normalized spacial score (nSPS) is 13.1. The summed E-state index contributed by atoms with van der Waals surface area (Å²) in [6, 6.07) is 13.7. The molecule has 140 valence electrons. The fraction of sp³-hybridized carbons (Fsp3) is 0.200. The van der Waals surface area contributed by atoms with Crippen molar-refractivity contribution in [2.45, 2.75) is 17.9 Å².